The van der Waals surface area contributed by atoms with E-state index in [1.807, 2.05) is 6.07 Å². The molecular formula is C22H37FOSi. The van der Waals surface area contributed by atoms with Crippen LogP contribution in [0.5, 0.6) is 0 Å². The van der Waals surface area contributed by atoms with Crippen LogP contribution in [0.25, 0.3) is 0 Å². The first-order valence-corrected chi connectivity index (χ1v) is 12.5. The van der Waals surface area contributed by atoms with E-state index in [0.29, 0.717) is 23.0 Å². The van der Waals surface area contributed by atoms with Gasteiger partial charge < -0.3 is 4.74 Å². The second-order valence-electron chi connectivity index (χ2n) is 8.85. The highest BCUT2D eigenvalue weighted by Gasteiger charge is 2.48. The minimum Gasteiger partial charge on any atom is -0.372 e. The van der Waals surface area contributed by atoms with Gasteiger partial charge in [-0.15, -0.1) is 0 Å². The van der Waals surface area contributed by atoms with Crippen LogP contribution in [0, 0.1) is 0 Å². The molecule has 0 amide bonds. The fourth-order valence-electron chi connectivity index (χ4n) is 5.18. The number of halogens is 1. The van der Waals surface area contributed by atoms with E-state index in [4.69, 9.17) is 4.74 Å². The third-order valence-electron chi connectivity index (χ3n) is 6.64. The summed E-state index contributed by atoms with van der Waals surface area (Å²) in [5.74, 6) is 0. The van der Waals surface area contributed by atoms with Crippen molar-refractivity contribution in [3.8, 4) is 0 Å². The summed E-state index contributed by atoms with van der Waals surface area (Å²) < 4.78 is 21.0. The molecule has 0 unspecified atom stereocenters. The number of hydrogen-bond acceptors (Lipinski definition) is 1. The lowest BCUT2D eigenvalue weighted by Crippen LogP contribution is -2.48. The Kier molecular flexibility index (Phi) is 7.27. The van der Waals surface area contributed by atoms with Crippen LogP contribution in [0.4, 0.5) is 4.39 Å². The van der Waals surface area contributed by atoms with Crippen molar-refractivity contribution >= 4 is 8.07 Å². The van der Waals surface area contributed by atoms with Crippen LogP contribution in [0.15, 0.2) is 30.3 Å². The van der Waals surface area contributed by atoms with E-state index < -0.39 is 14.2 Å². The molecule has 1 aliphatic rings. The molecule has 1 aromatic carbocycles. The Bertz CT molecular complexity index is 492. The van der Waals surface area contributed by atoms with Crippen LogP contribution >= 0.6 is 0 Å². The largest absolute Gasteiger partial charge is 0.372 e. The molecule has 0 bridgehead atoms. The van der Waals surface area contributed by atoms with Crippen molar-refractivity contribution in [2.45, 2.75) is 102 Å². The smallest absolute Gasteiger partial charge is 0.128 e. The normalized spacial score (nSPS) is 24.6. The van der Waals surface area contributed by atoms with Crippen molar-refractivity contribution in [1.82, 2.24) is 0 Å². The fraction of sp³-hybridized carbons (Fsp3) is 0.727. The van der Waals surface area contributed by atoms with Gasteiger partial charge in [-0.25, -0.2) is 4.39 Å². The van der Waals surface area contributed by atoms with E-state index in [1.54, 1.807) is 0 Å². The van der Waals surface area contributed by atoms with Gasteiger partial charge in [0.15, 0.2) is 0 Å². The Morgan fingerprint density at radius 2 is 1.56 bits per heavy atom. The van der Waals surface area contributed by atoms with E-state index in [2.05, 4.69) is 65.8 Å². The number of aryl methyl sites for hydroxylation is 1. The standard InChI is InChI=1S/C22H37FOSi/c1-16(2)25(17(3)4,18(5)6)15-22-21(23)14-20(24-22)13-12-19-10-8-7-9-11-19/h7-11,16-18,20-22H,12-15H2,1-6H3/t20-,21-,22-/m1/s1. The molecule has 3 atom stereocenters. The number of ether oxygens (including phenoxy) is 1. The number of benzene rings is 1. The van der Waals surface area contributed by atoms with Gasteiger partial charge in [0.2, 0.25) is 0 Å². The molecule has 1 aliphatic heterocycles. The lowest BCUT2D eigenvalue weighted by atomic mass is 10.0. The highest BCUT2D eigenvalue weighted by Crippen LogP contribution is 2.47. The highest BCUT2D eigenvalue weighted by molar-refractivity contribution is 6.83. The van der Waals surface area contributed by atoms with Gasteiger partial charge in [0.1, 0.15) is 6.17 Å². The summed E-state index contributed by atoms with van der Waals surface area (Å²) in [6.45, 7) is 14.1. The molecule has 1 aromatic rings. The van der Waals surface area contributed by atoms with Crippen molar-refractivity contribution in [3.05, 3.63) is 35.9 Å². The Balaban J connectivity index is 2.00. The van der Waals surface area contributed by atoms with E-state index in [0.717, 1.165) is 18.9 Å². The zero-order chi connectivity index (χ0) is 18.6. The predicted octanol–water partition coefficient (Wildman–Crippen LogP) is 6.79. The van der Waals surface area contributed by atoms with Crippen LogP contribution in [-0.4, -0.2) is 26.5 Å². The number of rotatable bonds is 8. The fourth-order valence-corrected chi connectivity index (χ4v) is 11.6. The number of hydrogen-bond donors (Lipinski definition) is 0. The molecule has 0 spiro atoms. The first-order valence-electron chi connectivity index (χ1n) is 10.1. The molecule has 142 valence electrons. The van der Waals surface area contributed by atoms with Gasteiger partial charge in [-0.1, -0.05) is 88.5 Å². The van der Waals surface area contributed by atoms with Gasteiger partial charge in [-0.2, -0.15) is 0 Å². The highest BCUT2D eigenvalue weighted by atomic mass is 28.3. The van der Waals surface area contributed by atoms with Crippen LogP contribution in [0.2, 0.25) is 22.7 Å². The minimum absolute atomic E-state index is 0.0818. The second kappa shape index (κ2) is 8.81. The average molecular weight is 365 g/mol. The molecule has 1 heterocycles. The first-order chi connectivity index (χ1) is 11.8. The molecule has 25 heavy (non-hydrogen) atoms. The van der Waals surface area contributed by atoms with Crippen LogP contribution in [0.3, 0.4) is 0 Å². The quantitative estimate of drug-likeness (QED) is 0.461. The Morgan fingerprint density at radius 3 is 2.08 bits per heavy atom. The van der Waals surface area contributed by atoms with E-state index in [1.165, 1.54) is 5.56 Å². The van der Waals surface area contributed by atoms with Crippen LogP contribution in [0.1, 0.15) is 59.9 Å². The molecular weight excluding hydrogens is 327 g/mol. The van der Waals surface area contributed by atoms with Crippen LogP contribution in [-0.2, 0) is 11.2 Å². The maximum Gasteiger partial charge on any atom is 0.128 e. The van der Waals surface area contributed by atoms with E-state index in [9.17, 15) is 4.39 Å². The Hall–Kier alpha value is -0.673. The van der Waals surface area contributed by atoms with Gasteiger partial charge >= 0.3 is 0 Å². The van der Waals surface area contributed by atoms with Crippen molar-refractivity contribution in [3.63, 3.8) is 0 Å². The second-order valence-corrected chi connectivity index (χ2v) is 15.0. The van der Waals surface area contributed by atoms with Crippen molar-refractivity contribution in [1.29, 1.82) is 0 Å². The average Bonchev–Trinajstić information content (AvgIpc) is 2.90. The van der Waals surface area contributed by atoms with Gasteiger partial charge in [0.25, 0.3) is 0 Å². The molecule has 1 nitrogen and oxygen atoms in total. The molecule has 0 aromatic heterocycles. The maximum absolute atomic E-state index is 14.8. The molecule has 0 N–H and O–H groups in total. The van der Waals surface area contributed by atoms with E-state index in [-0.39, 0.29) is 12.2 Å². The summed E-state index contributed by atoms with van der Waals surface area (Å²) in [7, 11) is -1.62. The lowest BCUT2D eigenvalue weighted by Gasteiger charge is -2.45. The lowest BCUT2D eigenvalue weighted by molar-refractivity contribution is 0.0352. The maximum atomic E-state index is 14.8. The minimum atomic E-state index is -1.62. The van der Waals surface area contributed by atoms with Crippen molar-refractivity contribution < 1.29 is 9.13 Å². The third-order valence-corrected chi connectivity index (χ3v) is 14.2. The topological polar surface area (TPSA) is 9.23 Å². The third kappa shape index (κ3) is 4.74. The summed E-state index contributed by atoms with van der Waals surface area (Å²) in [5, 5.41) is 0. The zero-order valence-electron chi connectivity index (χ0n) is 17.0. The Labute approximate surface area is 155 Å². The van der Waals surface area contributed by atoms with Crippen molar-refractivity contribution in [2.75, 3.05) is 0 Å². The SMILES string of the molecule is CC(C)[Si](C[C@H]1O[C@H](CCc2ccccc2)C[C@H]1F)(C(C)C)C(C)C. The monoisotopic (exact) mass is 364 g/mol. The molecule has 0 saturated carbocycles. The van der Waals surface area contributed by atoms with Gasteiger partial charge in [-0.3, -0.25) is 0 Å². The summed E-state index contributed by atoms with van der Waals surface area (Å²) in [4.78, 5) is 0. The van der Waals surface area contributed by atoms with Gasteiger partial charge in [0.05, 0.1) is 20.3 Å². The molecule has 1 fully saturated rings. The molecule has 0 aliphatic carbocycles. The Morgan fingerprint density at radius 1 is 1.00 bits per heavy atom. The zero-order valence-corrected chi connectivity index (χ0v) is 18.0. The molecule has 1 saturated heterocycles. The molecule has 3 heteroatoms. The van der Waals surface area contributed by atoms with Crippen LogP contribution < -0.4 is 0 Å². The predicted molar refractivity (Wildman–Crippen MR) is 109 cm³/mol. The number of alkyl halides is 1. The summed E-state index contributed by atoms with van der Waals surface area (Å²) in [6.07, 6.45) is 1.60. The van der Waals surface area contributed by atoms with Crippen molar-refractivity contribution in [2.24, 2.45) is 0 Å². The van der Waals surface area contributed by atoms with Gasteiger partial charge in [-0.05, 0) is 24.4 Å². The molecule has 0 radical (unpaired) electrons. The summed E-state index contributed by atoms with van der Waals surface area (Å²) >= 11 is 0. The summed E-state index contributed by atoms with van der Waals surface area (Å²) in [5.41, 5.74) is 3.30. The van der Waals surface area contributed by atoms with Gasteiger partial charge in [0, 0.05) is 6.42 Å². The molecule has 2 rings (SSSR count). The van der Waals surface area contributed by atoms with E-state index >= 15 is 0 Å². The first kappa shape index (κ1) is 20.6. The summed E-state index contributed by atoms with van der Waals surface area (Å²) in [6, 6.07) is 11.4.